The second kappa shape index (κ2) is 9.28. The number of halogens is 1. The molecular formula is C23H27BrN4O3. The monoisotopic (exact) mass is 486 g/mol. The number of rotatable bonds is 5. The molecular weight excluding hydrogens is 460 g/mol. The molecule has 0 spiro atoms. The molecule has 1 aliphatic heterocycles. The number of hydrogen-bond acceptors (Lipinski definition) is 4. The van der Waals surface area contributed by atoms with Crippen molar-refractivity contribution in [3.05, 3.63) is 57.7 Å². The normalized spacial score (nSPS) is 20.4. The Kier molecular flexibility index (Phi) is 6.48. The Morgan fingerprint density at radius 1 is 1.39 bits per heavy atom. The first-order valence-electron chi connectivity index (χ1n) is 10.6. The molecule has 1 aliphatic carbocycles. The van der Waals surface area contributed by atoms with Crippen molar-refractivity contribution in [1.29, 1.82) is 0 Å². The van der Waals surface area contributed by atoms with Crippen LogP contribution in [0.1, 0.15) is 30.6 Å². The van der Waals surface area contributed by atoms with Crippen molar-refractivity contribution < 1.29 is 14.3 Å². The van der Waals surface area contributed by atoms with Crippen LogP contribution in [0.4, 0.5) is 4.79 Å². The molecule has 4 N–H and O–H groups in total. The highest BCUT2D eigenvalue weighted by atomic mass is 79.9. The third-order valence-electron chi connectivity index (χ3n) is 5.87. The molecule has 2 aliphatic rings. The molecule has 1 aromatic carbocycles. The number of amides is 2. The maximum atomic E-state index is 12.8. The van der Waals surface area contributed by atoms with Crippen LogP contribution in [0.5, 0.6) is 0 Å². The number of hydrogen-bond donors (Lipinski definition) is 3. The molecule has 31 heavy (non-hydrogen) atoms. The summed E-state index contributed by atoms with van der Waals surface area (Å²) in [5.74, 6) is -0.0896. The lowest BCUT2D eigenvalue weighted by Crippen LogP contribution is -2.43. The van der Waals surface area contributed by atoms with Crippen LogP contribution < -0.4 is 11.1 Å². The molecule has 0 fully saturated rings. The van der Waals surface area contributed by atoms with E-state index in [1.54, 1.807) is 0 Å². The molecule has 2 atom stereocenters. The standard InChI is InChI=1S/C23H27BrN4O3/c1-2-31-23(30)28-12-9-17-18-13-16(24)7-8-19(18)27-20(17)21(28)14-3-5-15(6-4-14)22(29)26-11-10-25/h3,5-8,13-14,21,27H,2,4,9-12,25H2,1H3,(H,26,29). The summed E-state index contributed by atoms with van der Waals surface area (Å²) < 4.78 is 6.39. The first-order valence-corrected chi connectivity index (χ1v) is 11.4. The van der Waals surface area contributed by atoms with E-state index in [-0.39, 0.29) is 24.0 Å². The van der Waals surface area contributed by atoms with Crippen molar-refractivity contribution in [2.45, 2.75) is 25.8 Å². The lowest BCUT2D eigenvalue weighted by atomic mass is 9.83. The number of allylic oxidation sites excluding steroid dienone is 1. The van der Waals surface area contributed by atoms with E-state index >= 15 is 0 Å². The average Bonchev–Trinajstić information content (AvgIpc) is 3.15. The van der Waals surface area contributed by atoms with E-state index in [0.717, 1.165) is 22.1 Å². The number of carbonyl (C=O) groups is 2. The topological polar surface area (TPSA) is 100 Å². The van der Waals surface area contributed by atoms with Gasteiger partial charge in [0.15, 0.2) is 0 Å². The molecule has 0 bridgehead atoms. The number of aromatic amines is 1. The summed E-state index contributed by atoms with van der Waals surface area (Å²) in [5, 5.41) is 3.98. The van der Waals surface area contributed by atoms with Gasteiger partial charge in [-0.1, -0.05) is 34.2 Å². The maximum absolute atomic E-state index is 12.8. The van der Waals surface area contributed by atoms with Crippen molar-refractivity contribution >= 4 is 38.8 Å². The molecule has 164 valence electrons. The van der Waals surface area contributed by atoms with Gasteiger partial charge in [-0.3, -0.25) is 9.69 Å². The van der Waals surface area contributed by atoms with Gasteiger partial charge in [0, 0.05) is 52.2 Å². The Morgan fingerprint density at radius 3 is 2.94 bits per heavy atom. The molecule has 8 heteroatoms. The Bertz CT molecular complexity index is 1060. The summed E-state index contributed by atoms with van der Waals surface area (Å²) in [5.41, 5.74) is 9.45. The number of nitrogens with two attached hydrogens (primary N) is 1. The lowest BCUT2D eigenvalue weighted by molar-refractivity contribution is -0.117. The van der Waals surface area contributed by atoms with Gasteiger partial charge in [-0.25, -0.2) is 4.79 Å². The van der Waals surface area contributed by atoms with Crippen molar-refractivity contribution in [2.75, 3.05) is 26.2 Å². The van der Waals surface area contributed by atoms with E-state index in [2.05, 4.69) is 38.4 Å². The number of carbonyl (C=O) groups excluding carboxylic acids is 2. The number of nitrogens with one attached hydrogen (secondary N) is 2. The second-order valence-corrected chi connectivity index (χ2v) is 8.67. The molecule has 0 saturated heterocycles. The first kappa shape index (κ1) is 21.6. The van der Waals surface area contributed by atoms with E-state index in [1.165, 1.54) is 10.9 Å². The fourth-order valence-corrected chi connectivity index (χ4v) is 4.83. The summed E-state index contributed by atoms with van der Waals surface area (Å²) in [6.07, 6.45) is 6.93. The van der Waals surface area contributed by atoms with Crippen LogP contribution >= 0.6 is 15.9 Å². The number of nitrogens with zero attached hydrogens (tertiary/aromatic N) is 1. The Hall–Kier alpha value is -2.58. The van der Waals surface area contributed by atoms with Crippen molar-refractivity contribution in [3.63, 3.8) is 0 Å². The van der Waals surface area contributed by atoms with Gasteiger partial charge >= 0.3 is 6.09 Å². The maximum Gasteiger partial charge on any atom is 0.410 e. The third kappa shape index (κ3) is 4.27. The van der Waals surface area contributed by atoms with Crippen LogP contribution in [0.25, 0.3) is 10.9 Å². The van der Waals surface area contributed by atoms with Gasteiger partial charge in [-0.05, 0) is 43.5 Å². The fourth-order valence-electron chi connectivity index (χ4n) is 4.47. The number of benzene rings is 1. The zero-order valence-corrected chi connectivity index (χ0v) is 19.1. The second-order valence-electron chi connectivity index (χ2n) is 7.76. The minimum absolute atomic E-state index is 0.0333. The summed E-state index contributed by atoms with van der Waals surface area (Å²) in [6, 6.07) is 6.01. The SMILES string of the molecule is CCOC(=O)N1CCc2c([nH]c3ccc(Br)cc23)C1C1C=CC(C(=O)NCCN)=CC1. The van der Waals surface area contributed by atoms with Crippen LogP contribution in [-0.4, -0.2) is 48.1 Å². The minimum atomic E-state index is -0.304. The van der Waals surface area contributed by atoms with E-state index in [4.69, 9.17) is 10.5 Å². The fraction of sp³-hybridized carbons (Fsp3) is 0.391. The zero-order chi connectivity index (χ0) is 22.0. The Morgan fingerprint density at radius 2 is 2.23 bits per heavy atom. The molecule has 4 rings (SSSR count). The van der Waals surface area contributed by atoms with Crippen LogP contribution in [-0.2, 0) is 16.0 Å². The highest BCUT2D eigenvalue weighted by Crippen LogP contribution is 2.42. The van der Waals surface area contributed by atoms with Gasteiger partial charge in [0.1, 0.15) is 0 Å². The minimum Gasteiger partial charge on any atom is -0.450 e. The van der Waals surface area contributed by atoms with Crippen molar-refractivity contribution in [1.82, 2.24) is 15.2 Å². The van der Waals surface area contributed by atoms with Gasteiger partial charge in [0.25, 0.3) is 5.91 Å². The van der Waals surface area contributed by atoms with Gasteiger partial charge in [-0.2, -0.15) is 0 Å². The highest BCUT2D eigenvalue weighted by molar-refractivity contribution is 9.10. The molecule has 2 amide bonds. The van der Waals surface area contributed by atoms with E-state index in [1.807, 2.05) is 36.1 Å². The smallest absolute Gasteiger partial charge is 0.410 e. The van der Waals surface area contributed by atoms with Crippen molar-refractivity contribution in [2.24, 2.45) is 11.7 Å². The summed E-state index contributed by atoms with van der Waals surface area (Å²) >= 11 is 3.57. The Labute approximate surface area is 189 Å². The average molecular weight is 487 g/mol. The highest BCUT2D eigenvalue weighted by Gasteiger charge is 2.38. The molecule has 0 saturated carbocycles. The quantitative estimate of drug-likeness (QED) is 0.601. The molecule has 2 unspecified atom stereocenters. The first-order chi connectivity index (χ1) is 15.0. The molecule has 2 aromatic rings. The lowest BCUT2D eigenvalue weighted by Gasteiger charge is -2.39. The zero-order valence-electron chi connectivity index (χ0n) is 17.5. The number of aromatic nitrogens is 1. The largest absolute Gasteiger partial charge is 0.450 e. The molecule has 2 heterocycles. The van der Waals surface area contributed by atoms with E-state index in [9.17, 15) is 9.59 Å². The molecule has 1 aromatic heterocycles. The predicted octanol–water partition coefficient (Wildman–Crippen LogP) is 3.56. The summed E-state index contributed by atoms with van der Waals surface area (Å²) in [7, 11) is 0. The summed E-state index contributed by atoms with van der Waals surface area (Å²) in [6.45, 7) is 3.59. The number of ether oxygens (including phenoxy) is 1. The van der Waals surface area contributed by atoms with Crippen LogP contribution in [0.3, 0.4) is 0 Å². The van der Waals surface area contributed by atoms with Crippen LogP contribution in [0.15, 0.2) is 46.5 Å². The summed E-state index contributed by atoms with van der Waals surface area (Å²) in [4.78, 5) is 30.4. The van der Waals surface area contributed by atoms with Crippen LogP contribution in [0, 0.1) is 5.92 Å². The van der Waals surface area contributed by atoms with Gasteiger partial charge in [0.2, 0.25) is 0 Å². The van der Waals surface area contributed by atoms with Gasteiger partial charge < -0.3 is 20.8 Å². The molecule has 7 nitrogen and oxygen atoms in total. The van der Waals surface area contributed by atoms with E-state index in [0.29, 0.717) is 38.2 Å². The Balaban J connectivity index is 1.67. The number of H-pyrrole nitrogens is 1. The van der Waals surface area contributed by atoms with E-state index < -0.39 is 0 Å². The van der Waals surface area contributed by atoms with Gasteiger partial charge in [0.05, 0.1) is 12.6 Å². The predicted molar refractivity (Wildman–Crippen MR) is 124 cm³/mol. The third-order valence-corrected chi connectivity index (χ3v) is 6.36. The van der Waals surface area contributed by atoms with Crippen molar-refractivity contribution in [3.8, 4) is 0 Å². The number of fused-ring (bicyclic) bond motifs is 3. The van der Waals surface area contributed by atoms with Gasteiger partial charge in [-0.15, -0.1) is 0 Å². The van der Waals surface area contributed by atoms with Crippen LogP contribution in [0.2, 0.25) is 0 Å². The molecule has 0 radical (unpaired) electrons.